The second-order valence-corrected chi connectivity index (χ2v) is 7.62. The number of nitrogens with one attached hydrogen (secondary N) is 1. The molecule has 1 aromatic rings. The van der Waals surface area contributed by atoms with Crippen LogP contribution in [-0.4, -0.2) is 48.5 Å². The maximum Gasteiger partial charge on any atom is 0.410 e. The number of esters is 1. The van der Waals surface area contributed by atoms with Gasteiger partial charge in [-0.2, -0.15) is 0 Å². The van der Waals surface area contributed by atoms with Crippen molar-refractivity contribution in [3.8, 4) is 0 Å². The molecule has 0 saturated carbocycles. The van der Waals surface area contributed by atoms with Crippen molar-refractivity contribution < 1.29 is 28.6 Å². The minimum absolute atomic E-state index is 0.138. The Labute approximate surface area is 170 Å². The van der Waals surface area contributed by atoms with Crippen LogP contribution < -0.4 is 5.32 Å². The first kappa shape index (κ1) is 22.3. The molecule has 1 aromatic carbocycles. The van der Waals surface area contributed by atoms with Crippen LogP contribution in [-0.2, 0) is 25.6 Å². The smallest absolute Gasteiger partial charge is 0.410 e. The largest absolute Gasteiger partial charge is 0.445 e. The number of alkyl carbamates (subject to hydrolysis) is 1. The summed E-state index contributed by atoms with van der Waals surface area (Å²) in [4.78, 5) is 37.1. The zero-order valence-corrected chi connectivity index (χ0v) is 17.1. The highest BCUT2D eigenvalue weighted by Gasteiger charge is 2.24. The van der Waals surface area contributed by atoms with Gasteiger partial charge in [0.15, 0.2) is 6.73 Å². The number of nitrogens with zero attached hydrogens (tertiary/aromatic N) is 1. The van der Waals surface area contributed by atoms with E-state index in [0.717, 1.165) is 11.1 Å². The van der Waals surface area contributed by atoms with Crippen LogP contribution in [0.25, 0.3) is 0 Å². The molecular formula is C21H28N2O6. The molecular weight excluding hydrogens is 376 g/mol. The molecule has 0 bridgehead atoms. The van der Waals surface area contributed by atoms with Crippen molar-refractivity contribution in [2.75, 3.05) is 19.8 Å². The van der Waals surface area contributed by atoms with Crippen molar-refractivity contribution in [2.45, 2.75) is 45.8 Å². The third-order valence-electron chi connectivity index (χ3n) is 4.02. The summed E-state index contributed by atoms with van der Waals surface area (Å²) in [6, 6.07) is 9.26. The van der Waals surface area contributed by atoms with Crippen molar-refractivity contribution >= 4 is 18.2 Å². The van der Waals surface area contributed by atoms with Gasteiger partial charge in [-0.25, -0.2) is 14.4 Å². The molecule has 0 spiro atoms. The number of benzene rings is 1. The molecule has 1 heterocycles. The van der Waals surface area contributed by atoms with Crippen molar-refractivity contribution in [1.82, 2.24) is 10.2 Å². The first-order valence-electron chi connectivity index (χ1n) is 9.51. The van der Waals surface area contributed by atoms with Gasteiger partial charge in [-0.15, -0.1) is 0 Å². The molecule has 1 aliphatic rings. The molecule has 158 valence electrons. The molecule has 2 amide bonds. The topological polar surface area (TPSA) is 94.2 Å². The van der Waals surface area contributed by atoms with Crippen molar-refractivity contribution in [3.63, 3.8) is 0 Å². The maximum atomic E-state index is 12.0. The minimum atomic E-state index is -0.667. The van der Waals surface area contributed by atoms with Crippen LogP contribution in [0.4, 0.5) is 9.59 Å². The van der Waals surface area contributed by atoms with Gasteiger partial charge in [0.1, 0.15) is 12.2 Å². The van der Waals surface area contributed by atoms with E-state index in [1.165, 1.54) is 6.08 Å². The number of carbonyl (C=O) groups excluding carboxylic acids is 3. The lowest BCUT2D eigenvalue weighted by molar-refractivity contribution is -0.138. The standard InChI is InChI=1S/C21H28N2O6/c1-21(2,3)29-20(26)23-11-9-16(10-12-23)13-18(24)28-15-22-19(25)27-14-17-7-5-4-6-8-17/h4-8,13H,9-12,14-15H2,1-3H3,(H,22,25). The van der Waals surface area contributed by atoms with Crippen molar-refractivity contribution in [2.24, 2.45) is 0 Å². The van der Waals surface area contributed by atoms with Gasteiger partial charge in [0.25, 0.3) is 0 Å². The van der Waals surface area contributed by atoms with E-state index in [0.29, 0.717) is 25.9 Å². The Morgan fingerprint density at radius 3 is 2.34 bits per heavy atom. The number of ether oxygens (including phenoxy) is 3. The van der Waals surface area contributed by atoms with Gasteiger partial charge in [-0.3, -0.25) is 5.32 Å². The molecule has 8 heteroatoms. The number of hydrogen-bond donors (Lipinski definition) is 1. The highest BCUT2D eigenvalue weighted by molar-refractivity contribution is 5.83. The van der Waals surface area contributed by atoms with Gasteiger partial charge in [0, 0.05) is 19.2 Å². The fourth-order valence-electron chi connectivity index (χ4n) is 2.60. The molecule has 2 rings (SSSR count). The Morgan fingerprint density at radius 2 is 1.72 bits per heavy atom. The quantitative estimate of drug-likeness (QED) is 0.350. The van der Waals surface area contributed by atoms with Crippen LogP contribution in [0.5, 0.6) is 0 Å². The van der Waals surface area contributed by atoms with E-state index in [4.69, 9.17) is 14.2 Å². The molecule has 0 radical (unpaired) electrons. The van der Waals surface area contributed by atoms with Crippen LogP contribution in [0.3, 0.4) is 0 Å². The predicted molar refractivity (Wildman–Crippen MR) is 106 cm³/mol. The Balaban J connectivity index is 1.64. The summed E-state index contributed by atoms with van der Waals surface area (Å²) in [5.41, 5.74) is 1.22. The van der Waals surface area contributed by atoms with Gasteiger partial charge in [-0.05, 0) is 39.2 Å². The molecule has 1 N–H and O–H groups in total. The van der Waals surface area contributed by atoms with Gasteiger partial charge < -0.3 is 19.1 Å². The SMILES string of the molecule is CC(C)(C)OC(=O)N1CCC(=CC(=O)OCNC(=O)OCc2ccccc2)CC1. The normalized spacial score (nSPS) is 14.0. The zero-order chi connectivity index (χ0) is 21.3. The lowest BCUT2D eigenvalue weighted by atomic mass is 10.0. The van der Waals surface area contributed by atoms with Gasteiger partial charge in [-0.1, -0.05) is 35.9 Å². The number of rotatable bonds is 5. The van der Waals surface area contributed by atoms with Gasteiger partial charge in [0.2, 0.25) is 0 Å². The average Bonchev–Trinajstić information content (AvgIpc) is 2.66. The molecule has 0 aromatic heterocycles. The third kappa shape index (κ3) is 8.68. The average molecular weight is 404 g/mol. The van der Waals surface area contributed by atoms with E-state index >= 15 is 0 Å². The molecule has 1 aliphatic heterocycles. The number of likely N-dealkylation sites (tertiary alicyclic amines) is 1. The maximum absolute atomic E-state index is 12.0. The lowest BCUT2D eigenvalue weighted by Crippen LogP contribution is -2.40. The summed E-state index contributed by atoms with van der Waals surface area (Å²) in [7, 11) is 0. The summed E-state index contributed by atoms with van der Waals surface area (Å²) in [6.07, 6.45) is 1.53. The first-order chi connectivity index (χ1) is 13.7. The number of amides is 2. The van der Waals surface area contributed by atoms with E-state index in [1.807, 2.05) is 51.1 Å². The van der Waals surface area contributed by atoms with Crippen LogP contribution in [0.1, 0.15) is 39.2 Å². The number of hydrogen-bond acceptors (Lipinski definition) is 6. The van der Waals surface area contributed by atoms with Gasteiger partial charge in [0.05, 0.1) is 0 Å². The highest BCUT2D eigenvalue weighted by atomic mass is 16.6. The lowest BCUT2D eigenvalue weighted by Gasteiger charge is -2.30. The molecule has 8 nitrogen and oxygen atoms in total. The van der Waals surface area contributed by atoms with E-state index in [1.54, 1.807) is 4.90 Å². The Morgan fingerprint density at radius 1 is 1.07 bits per heavy atom. The predicted octanol–water partition coefficient (Wildman–Crippen LogP) is 3.37. The second-order valence-electron chi connectivity index (χ2n) is 7.62. The Bertz CT molecular complexity index is 729. The molecule has 0 aliphatic carbocycles. The van der Waals surface area contributed by atoms with E-state index in [9.17, 15) is 14.4 Å². The molecule has 1 saturated heterocycles. The third-order valence-corrected chi connectivity index (χ3v) is 4.02. The van der Waals surface area contributed by atoms with Gasteiger partial charge >= 0.3 is 18.2 Å². The van der Waals surface area contributed by atoms with Crippen molar-refractivity contribution in [3.05, 3.63) is 47.5 Å². The molecule has 1 fully saturated rings. The van der Waals surface area contributed by atoms with Crippen LogP contribution in [0.15, 0.2) is 42.0 Å². The Hall–Kier alpha value is -3.03. The second kappa shape index (κ2) is 10.5. The van der Waals surface area contributed by atoms with Crippen LogP contribution in [0, 0.1) is 0 Å². The Kier molecular flexibility index (Phi) is 8.06. The van der Waals surface area contributed by atoms with E-state index in [-0.39, 0.29) is 19.4 Å². The summed E-state index contributed by atoms with van der Waals surface area (Å²) in [6.45, 7) is 6.29. The van der Waals surface area contributed by atoms with Crippen LogP contribution in [0.2, 0.25) is 0 Å². The first-order valence-corrected chi connectivity index (χ1v) is 9.51. The summed E-state index contributed by atoms with van der Waals surface area (Å²) in [5.74, 6) is -0.547. The van der Waals surface area contributed by atoms with E-state index in [2.05, 4.69) is 5.32 Å². The summed E-state index contributed by atoms with van der Waals surface area (Å²) in [5, 5.41) is 2.36. The molecule has 0 atom stereocenters. The monoisotopic (exact) mass is 404 g/mol. The number of piperidine rings is 1. The van der Waals surface area contributed by atoms with Crippen molar-refractivity contribution in [1.29, 1.82) is 0 Å². The van der Waals surface area contributed by atoms with E-state index < -0.39 is 17.7 Å². The molecule has 0 unspecified atom stereocenters. The fourth-order valence-corrected chi connectivity index (χ4v) is 2.60. The molecule has 29 heavy (non-hydrogen) atoms. The zero-order valence-electron chi connectivity index (χ0n) is 17.1. The minimum Gasteiger partial charge on any atom is -0.445 e. The summed E-state index contributed by atoms with van der Waals surface area (Å²) < 4.78 is 15.3. The highest BCUT2D eigenvalue weighted by Crippen LogP contribution is 2.19. The van der Waals surface area contributed by atoms with Crippen LogP contribution >= 0.6 is 0 Å². The fraction of sp³-hybridized carbons (Fsp3) is 0.476. The summed E-state index contributed by atoms with van der Waals surface area (Å²) >= 11 is 0. The number of carbonyl (C=O) groups is 3.